The zero-order valence-electron chi connectivity index (χ0n) is 11.8. The van der Waals surface area contributed by atoms with Crippen molar-refractivity contribution in [3.63, 3.8) is 0 Å². The number of hydrogen-bond acceptors (Lipinski definition) is 5. The fourth-order valence-electron chi connectivity index (χ4n) is 2.44. The third kappa shape index (κ3) is 3.02. The second-order valence-corrected chi connectivity index (χ2v) is 6.41. The van der Waals surface area contributed by atoms with Crippen molar-refractivity contribution in [2.24, 2.45) is 0 Å². The van der Waals surface area contributed by atoms with Crippen molar-refractivity contribution >= 4 is 34.5 Å². The summed E-state index contributed by atoms with van der Waals surface area (Å²) in [5.41, 5.74) is 2.85. The van der Waals surface area contributed by atoms with Crippen LogP contribution in [0.5, 0.6) is 5.75 Å². The van der Waals surface area contributed by atoms with Crippen molar-refractivity contribution in [1.29, 1.82) is 0 Å². The maximum atomic E-state index is 13.7. The number of nitrogens with zero attached hydrogens (tertiary/aromatic N) is 1. The van der Waals surface area contributed by atoms with Gasteiger partial charge in [0.1, 0.15) is 17.1 Å². The summed E-state index contributed by atoms with van der Waals surface area (Å²) >= 11 is 7.32. The highest BCUT2D eigenvalue weighted by molar-refractivity contribution is 7.98. The first-order valence-electron chi connectivity index (χ1n) is 6.90. The summed E-state index contributed by atoms with van der Waals surface area (Å²) in [5, 5.41) is 1.11. The Bertz CT molecular complexity index is 883. The molecule has 118 valence electrons. The highest BCUT2D eigenvalue weighted by Gasteiger charge is 2.18. The minimum Gasteiger partial charge on any atom is -0.467 e. The Hall–Kier alpha value is -1.76. The van der Waals surface area contributed by atoms with E-state index in [4.69, 9.17) is 25.5 Å². The summed E-state index contributed by atoms with van der Waals surface area (Å²) in [4.78, 5) is 4.38. The molecule has 3 aromatic rings. The van der Waals surface area contributed by atoms with Gasteiger partial charge in [-0.05, 0) is 30.3 Å². The van der Waals surface area contributed by atoms with Gasteiger partial charge >= 0.3 is 0 Å². The molecular weight excluding hydrogens is 341 g/mol. The fourth-order valence-corrected chi connectivity index (χ4v) is 3.42. The van der Waals surface area contributed by atoms with Gasteiger partial charge in [0.25, 0.3) is 5.22 Å². The van der Waals surface area contributed by atoms with Gasteiger partial charge in [0.15, 0.2) is 12.4 Å². The van der Waals surface area contributed by atoms with Crippen molar-refractivity contribution in [2.75, 3.05) is 6.79 Å². The van der Waals surface area contributed by atoms with Gasteiger partial charge < -0.3 is 13.9 Å². The number of rotatable bonds is 3. The molecule has 0 unspecified atom stereocenters. The van der Waals surface area contributed by atoms with E-state index in [-0.39, 0.29) is 12.6 Å². The lowest BCUT2D eigenvalue weighted by Gasteiger charge is -2.20. The fraction of sp³-hybridized carbons (Fsp3) is 0.188. The average molecular weight is 352 g/mol. The lowest BCUT2D eigenvalue weighted by Crippen LogP contribution is -2.13. The van der Waals surface area contributed by atoms with Crippen molar-refractivity contribution in [1.82, 2.24) is 4.98 Å². The van der Waals surface area contributed by atoms with Gasteiger partial charge in [-0.15, -0.1) is 0 Å². The number of ether oxygens (including phenoxy) is 2. The lowest BCUT2D eigenvalue weighted by atomic mass is 10.1. The molecule has 0 aliphatic carbocycles. The minimum absolute atomic E-state index is 0.178. The third-order valence-corrected chi connectivity index (χ3v) is 4.54. The van der Waals surface area contributed by atoms with Gasteiger partial charge in [0.2, 0.25) is 0 Å². The summed E-state index contributed by atoms with van der Waals surface area (Å²) in [5.74, 6) is 0.864. The predicted molar refractivity (Wildman–Crippen MR) is 85.3 cm³/mol. The van der Waals surface area contributed by atoms with Gasteiger partial charge in [-0.1, -0.05) is 23.4 Å². The summed E-state index contributed by atoms with van der Waals surface area (Å²) < 4.78 is 30.1. The molecule has 23 heavy (non-hydrogen) atoms. The lowest BCUT2D eigenvalue weighted by molar-refractivity contribution is -0.0171. The highest BCUT2D eigenvalue weighted by Crippen LogP contribution is 2.34. The first-order chi connectivity index (χ1) is 11.2. The van der Waals surface area contributed by atoms with E-state index >= 15 is 0 Å². The van der Waals surface area contributed by atoms with Crippen LogP contribution >= 0.6 is 23.4 Å². The molecule has 0 atom stereocenters. The molecule has 0 fully saturated rings. The Kier molecular flexibility index (Phi) is 3.88. The molecule has 0 bridgehead atoms. The summed E-state index contributed by atoms with van der Waals surface area (Å²) in [6, 6.07) is 8.18. The molecular formula is C16H11ClFNO3S. The Labute approximate surface area is 140 Å². The van der Waals surface area contributed by atoms with E-state index in [1.807, 2.05) is 0 Å². The molecule has 1 aliphatic heterocycles. The Morgan fingerprint density at radius 2 is 2.17 bits per heavy atom. The molecule has 0 spiro atoms. The van der Waals surface area contributed by atoms with Crippen molar-refractivity contribution < 1.29 is 18.3 Å². The SMILES string of the molecule is Fc1cc2c(c(CSc3nc4cc(Cl)ccc4o3)c1)OCOC2. The molecule has 0 N–H and O–H groups in total. The van der Waals surface area contributed by atoms with Crippen LogP contribution in [0.25, 0.3) is 11.1 Å². The monoisotopic (exact) mass is 351 g/mol. The second kappa shape index (κ2) is 6.03. The zero-order valence-corrected chi connectivity index (χ0v) is 13.4. The number of oxazole rings is 1. The molecule has 4 rings (SSSR count). The van der Waals surface area contributed by atoms with Gasteiger partial charge in [0.05, 0.1) is 6.61 Å². The van der Waals surface area contributed by atoms with E-state index in [2.05, 4.69) is 4.98 Å². The average Bonchev–Trinajstić information content (AvgIpc) is 2.94. The van der Waals surface area contributed by atoms with E-state index in [0.29, 0.717) is 39.5 Å². The van der Waals surface area contributed by atoms with Gasteiger partial charge in [0, 0.05) is 21.9 Å². The normalized spacial score (nSPS) is 13.8. The van der Waals surface area contributed by atoms with Crippen molar-refractivity contribution in [2.45, 2.75) is 17.6 Å². The summed E-state index contributed by atoms with van der Waals surface area (Å²) in [7, 11) is 0. The van der Waals surface area contributed by atoms with Crippen molar-refractivity contribution in [3.8, 4) is 5.75 Å². The predicted octanol–water partition coefficient (Wildman–Crippen LogP) is 4.78. The van der Waals surface area contributed by atoms with Crippen LogP contribution in [-0.4, -0.2) is 11.8 Å². The van der Waals surface area contributed by atoms with Crippen LogP contribution in [0, 0.1) is 5.82 Å². The molecule has 1 aliphatic rings. The van der Waals surface area contributed by atoms with Crippen LogP contribution in [0.4, 0.5) is 4.39 Å². The maximum Gasteiger partial charge on any atom is 0.257 e. The van der Waals surface area contributed by atoms with E-state index in [1.165, 1.54) is 23.9 Å². The standard InChI is InChI=1S/C16H11ClFNO3S/c17-11-1-2-14-13(5-11)19-16(22-14)23-7-10-4-12(18)3-9-6-20-8-21-15(9)10/h1-5H,6-8H2. The molecule has 0 radical (unpaired) electrons. The Morgan fingerprint density at radius 3 is 3.09 bits per heavy atom. The number of fused-ring (bicyclic) bond motifs is 2. The van der Waals surface area contributed by atoms with Crippen LogP contribution in [0.1, 0.15) is 11.1 Å². The highest BCUT2D eigenvalue weighted by atomic mass is 35.5. The molecule has 2 aromatic carbocycles. The van der Waals surface area contributed by atoms with Crippen molar-refractivity contribution in [3.05, 3.63) is 52.3 Å². The first-order valence-corrected chi connectivity index (χ1v) is 8.26. The third-order valence-electron chi connectivity index (χ3n) is 3.43. The van der Waals surface area contributed by atoms with Gasteiger partial charge in [-0.2, -0.15) is 0 Å². The van der Waals surface area contributed by atoms with Crippen LogP contribution in [0.3, 0.4) is 0 Å². The van der Waals surface area contributed by atoms with E-state index in [9.17, 15) is 4.39 Å². The van der Waals surface area contributed by atoms with E-state index in [1.54, 1.807) is 18.2 Å². The van der Waals surface area contributed by atoms with E-state index < -0.39 is 0 Å². The molecule has 7 heteroatoms. The number of halogens is 2. The number of aromatic nitrogens is 1. The number of hydrogen-bond donors (Lipinski definition) is 0. The molecule has 4 nitrogen and oxygen atoms in total. The minimum atomic E-state index is -0.308. The maximum absolute atomic E-state index is 13.7. The Balaban J connectivity index is 1.59. The van der Waals surface area contributed by atoms with Gasteiger partial charge in [-0.25, -0.2) is 9.37 Å². The van der Waals surface area contributed by atoms with Gasteiger partial charge in [-0.3, -0.25) is 0 Å². The molecule has 0 saturated heterocycles. The number of benzene rings is 2. The Morgan fingerprint density at radius 1 is 1.26 bits per heavy atom. The summed E-state index contributed by atoms with van der Waals surface area (Å²) in [6.07, 6.45) is 0. The van der Waals surface area contributed by atoms with Crippen LogP contribution in [-0.2, 0) is 17.1 Å². The van der Waals surface area contributed by atoms with Crippen LogP contribution in [0.15, 0.2) is 40.0 Å². The molecule has 0 saturated carbocycles. The van der Waals surface area contributed by atoms with E-state index in [0.717, 1.165) is 11.1 Å². The molecule has 2 heterocycles. The molecule has 1 aromatic heterocycles. The number of thioether (sulfide) groups is 1. The second-order valence-electron chi connectivity index (χ2n) is 5.04. The van der Waals surface area contributed by atoms with Crippen LogP contribution < -0.4 is 4.74 Å². The first kappa shape index (κ1) is 14.8. The topological polar surface area (TPSA) is 44.5 Å². The largest absolute Gasteiger partial charge is 0.467 e. The van der Waals surface area contributed by atoms with Crippen LogP contribution in [0.2, 0.25) is 5.02 Å². The summed E-state index contributed by atoms with van der Waals surface area (Å²) in [6.45, 7) is 0.532. The smallest absolute Gasteiger partial charge is 0.257 e. The quantitative estimate of drug-likeness (QED) is 0.635. The molecule has 0 amide bonds. The zero-order chi connectivity index (χ0) is 15.8.